The van der Waals surface area contributed by atoms with Gasteiger partial charge in [-0.1, -0.05) is 11.6 Å². The van der Waals surface area contributed by atoms with Crippen LogP contribution in [0.1, 0.15) is 12.0 Å². The van der Waals surface area contributed by atoms with Gasteiger partial charge in [-0.2, -0.15) is 4.31 Å². The summed E-state index contributed by atoms with van der Waals surface area (Å²) >= 11 is 5.89. The number of nitrogens with two attached hydrogens (primary N) is 1. The molecular weight excluding hydrogens is 288 g/mol. The molecule has 7 heteroatoms. The monoisotopic (exact) mass is 304 g/mol. The highest BCUT2D eigenvalue weighted by Gasteiger charge is 2.33. The van der Waals surface area contributed by atoms with Crippen LogP contribution >= 0.6 is 11.6 Å². The van der Waals surface area contributed by atoms with E-state index in [0.717, 1.165) is 0 Å². The number of hydrogen-bond donors (Lipinski definition) is 1. The van der Waals surface area contributed by atoms with Crippen molar-refractivity contribution in [2.75, 3.05) is 25.9 Å². The fourth-order valence-electron chi connectivity index (χ4n) is 2.19. The molecule has 0 aromatic heterocycles. The third kappa shape index (κ3) is 2.72. The maximum absolute atomic E-state index is 12.6. The van der Waals surface area contributed by atoms with E-state index in [-0.39, 0.29) is 16.7 Å². The summed E-state index contributed by atoms with van der Waals surface area (Å²) in [5.74, 6) is 0. The Labute approximate surface area is 118 Å². The maximum atomic E-state index is 12.6. The Bertz CT molecular complexity index is 589. The highest BCUT2D eigenvalue weighted by molar-refractivity contribution is 7.89. The first-order valence-corrected chi connectivity index (χ1v) is 7.76. The molecule has 0 spiro atoms. The van der Waals surface area contributed by atoms with E-state index in [9.17, 15) is 8.42 Å². The lowest BCUT2D eigenvalue weighted by molar-refractivity contribution is 0.115. The van der Waals surface area contributed by atoms with E-state index in [1.165, 1.54) is 10.4 Å². The lowest BCUT2D eigenvalue weighted by atomic mass is 10.2. The van der Waals surface area contributed by atoms with Crippen LogP contribution in [0.25, 0.3) is 0 Å². The van der Waals surface area contributed by atoms with E-state index in [1.54, 1.807) is 20.1 Å². The molecule has 0 aliphatic carbocycles. The molecular formula is C12H17ClN2O3S. The van der Waals surface area contributed by atoms with Crippen molar-refractivity contribution in [1.82, 2.24) is 4.31 Å². The largest absolute Gasteiger partial charge is 0.397 e. The van der Waals surface area contributed by atoms with Crippen LogP contribution in [0.15, 0.2) is 17.0 Å². The first-order chi connectivity index (χ1) is 8.86. The molecule has 106 valence electrons. The topological polar surface area (TPSA) is 72.6 Å². The van der Waals surface area contributed by atoms with Crippen molar-refractivity contribution in [2.24, 2.45) is 0 Å². The zero-order valence-electron chi connectivity index (χ0n) is 10.9. The predicted octanol–water partition coefficient (Wildman–Crippen LogP) is 1.64. The van der Waals surface area contributed by atoms with Gasteiger partial charge in [0.15, 0.2) is 0 Å². The van der Waals surface area contributed by atoms with Crippen molar-refractivity contribution in [3.8, 4) is 0 Å². The van der Waals surface area contributed by atoms with Crippen LogP contribution in [0.2, 0.25) is 5.02 Å². The van der Waals surface area contributed by atoms with E-state index < -0.39 is 10.0 Å². The molecule has 1 aliphatic rings. The molecule has 1 fully saturated rings. The average Bonchev–Trinajstić information content (AvgIpc) is 2.83. The molecule has 0 radical (unpaired) electrons. The number of hydrogen-bond acceptors (Lipinski definition) is 4. The van der Waals surface area contributed by atoms with Crippen LogP contribution in [-0.4, -0.2) is 39.0 Å². The molecule has 2 N–H and O–H groups in total. The van der Waals surface area contributed by atoms with Gasteiger partial charge in [0.2, 0.25) is 10.0 Å². The van der Waals surface area contributed by atoms with Crippen molar-refractivity contribution < 1.29 is 13.2 Å². The van der Waals surface area contributed by atoms with Gasteiger partial charge < -0.3 is 10.5 Å². The minimum absolute atomic E-state index is 0.0419. The summed E-state index contributed by atoms with van der Waals surface area (Å²) < 4.78 is 31.7. The van der Waals surface area contributed by atoms with Crippen LogP contribution in [0.4, 0.5) is 5.69 Å². The molecule has 5 nitrogen and oxygen atoms in total. The van der Waals surface area contributed by atoms with Crippen molar-refractivity contribution in [3.63, 3.8) is 0 Å². The number of nitrogens with zero attached hydrogens (tertiary/aromatic N) is 1. The second kappa shape index (κ2) is 5.28. The van der Waals surface area contributed by atoms with Crippen LogP contribution in [0, 0.1) is 6.92 Å². The molecule has 1 aromatic carbocycles. The summed E-state index contributed by atoms with van der Waals surface area (Å²) in [5, 5.41) is 0.368. The smallest absolute Gasteiger partial charge is 0.243 e. The lowest BCUT2D eigenvalue weighted by Gasteiger charge is -2.18. The van der Waals surface area contributed by atoms with Crippen LogP contribution < -0.4 is 5.73 Å². The second-order valence-corrected chi connectivity index (χ2v) is 6.96. The molecule has 0 saturated carbocycles. The fourth-order valence-corrected chi connectivity index (χ4v) is 4.14. The van der Waals surface area contributed by atoms with Gasteiger partial charge in [-0.05, 0) is 31.0 Å². The van der Waals surface area contributed by atoms with Gasteiger partial charge in [0, 0.05) is 20.2 Å². The summed E-state index contributed by atoms with van der Waals surface area (Å²) in [6, 6.07) is 3.00. The first-order valence-electron chi connectivity index (χ1n) is 5.95. The van der Waals surface area contributed by atoms with Crippen LogP contribution in [0.5, 0.6) is 0 Å². The Morgan fingerprint density at radius 3 is 2.74 bits per heavy atom. The molecule has 1 saturated heterocycles. The average molecular weight is 305 g/mol. The number of nitrogen functional groups attached to an aromatic ring is 1. The molecule has 2 rings (SSSR count). The van der Waals surface area contributed by atoms with E-state index in [2.05, 4.69) is 0 Å². The van der Waals surface area contributed by atoms with Crippen molar-refractivity contribution in [1.29, 1.82) is 0 Å². The lowest BCUT2D eigenvalue weighted by Crippen LogP contribution is -2.30. The number of benzene rings is 1. The van der Waals surface area contributed by atoms with Crippen molar-refractivity contribution >= 4 is 27.3 Å². The van der Waals surface area contributed by atoms with Gasteiger partial charge in [-0.3, -0.25) is 0 Å². The van der Waals surface area contributed by atoms with E-state index in [1.807, 2.05) is 0 Å². The molecule has 1 unspecified atom stereocenters. The first kappa shape index (κ1) is 14.6. The third-order valence-electron chi connectivity index (χ3n) is 3.35. The Balaban J connectivity index is 2.38. The zero-order valence-corrected chi connectivity index (χ0v) is 12.5. The third-order valence-corrected chi connectivity index (χ3v) is 5.69. The number of rotatable bonds is 3. The summed E-state index contributed by atoms with van der Waals surface area (Å²) in [7, 11) is -1.95. The van der Waals surface area contributed by atoms with Gasteiger partial charge in [-0.15, -0.1) is 0 Å². The summed E-state index contributed by atoms with van der Waals surface area (Å²) in [6.07, 6.45) is 0.664. The molecule has 0 bridgehead atoms. The van der Waals surface area contributed by atoms with Gasteiger partial charge in [0.05, 0.1) is 21.7 Å². The number of halogens is 1. The molecule has 0 amide bonds. The van der Waals surface area contributed by atoms with Crippen molar-refractivity contribution in [2.45, 2.75) is 24.3 Å². The summed E-state index contributed by atoms with van der Waals surface area (Å²) in [5.41, 5.74) is 6.57. The number of sulfonamides is 1. The van der Waals surface area contributed by atoms with Crippen LogP contribution in [0.3, 0.4) is 0 Å². The Morgan fingerprint density at radius 2 is 2.16 bits per heavy atom. The molecule has 19 heavy (non-hydrogen) atoms. The number of anilines is 1. The van der Waals surface area contributed by atoms with Gasteiger partial charge >= 0.3 is 0 Å². The zero-order chi connectivity index (χ0) is 14.2. The van der Waals surface area contributed by atoms with Gasteiger partial charge in [0.25, 0.3) is 0 Å². The van der Waals surface area contributed by atoms with Gasteiger partial charge in [-0.25, -0.2) is 8.42 Å². The molecule has 1 aliphatic heterocycles. The highest BCUT2D eigenvalue weighted by atomic mass is 35.5. The Morgan fingerprint density at radius 1 is 1.47 bits per heavy atom. The predicted molar refractivity (Wildman–Crippen MR) is 74.8 cm³/mol. The second-order valence-electron chi connectivity index (χ2n) is 4.65. The molecule has 1 heterocycles. The number of methoxy groups -OCH3 is 1. The van der Waals surface area contributed by atoms with Gasteiger partial charge in [0.1, 0.15) is 0 Å². The maximum Gasteiger partial charge on any atom is 0.243 e. The van der Waals surface area contributed by atoms with Crippen molar-refractivity contribution in [3.05, 3.63) is 22.7 Å². The Hall–Kier alpha value is -0.820. The summed E-state index contributed by atoms with van der Waals surface area (Å²) in [6.45, 7) is 2.55. The highest BCUT2D eigenvalue weighted by Crippen LogP contribution is 2.30. The summed E-state index contributed by atoms with van der Waals surface area (Å²) in [4.78, 5) is 0.214. The van der Waals surface area contributed by atoms with E-state index in [0.29, 0.717) is 30.1 Å². The number of ether oxygens (including phenoxy) is 1. The SMILES string of the molecule is COC1CCN(S(=O)(=O)c2cc(N)c(Cl)cc2C)C1. The fraction of sp³-hybridized carbons (Fsp3) is 0.500. The standard InChI is InChI=1S/C12H17ClN2O3S/c1-8-5-10(13)11(14)6-12(8)19(16,17)15-4-3-9(7-15)18-2/h5-6,9H,3-4,7,14H2,1-2H3. The minimum Gasteiger partial charge on any atom is -0.397 e. The van der Waals surface area contributed by atoms with E-state index in [4.69, 9.17) is 22.1 Å². The normalized spacial score (nSPS) is 20.9. The minimum atomic E-state index is -3.54. The Kier molecular flexibility index (Phi) is 4.06. The van der Waals surface area contributed by atoms with Crippen LogP contribution in [-0.2, 0) is 14.8 Å². The van der Waals surface area contributed by atoms with E-state index >= 15 is 0 Å². The molecule has 1 atom stereocenters. The quantitative estimate of drug-likeness (QED) is 0.862. The molecule has 1 aromatic rings. The number of aryl methyl sites for hydroxylation is 1.